The Morgan fingerprint density at radius 3 is 1.21 bits per heavy atom. The third kappa shape index (κ3) is 29.1. The van der Waals surface area contributed by atoms with Gasteiger partial charge in [0.1, 0.15) is 83.8 Å². The molecule has 12 bridgehead atoms. The van der Waals surface area contributed by atoms with Crippen LogP contribution in [0, 0.1) is 49.9 Å². The second-order valence-corrected chi connectivity index (χ2v) is 45.0. The maximum Gasteiger partial charge on any atom is 0.409 e. The average molecular weight is 2150 g/mol. The summed E-state index contributed by atoms with van der Waals surface area (Å²) in [5.74, 6) is -4.07. The Hall–Kier alpha value is -9.40. The fraction of sp³-hybridized carbons (Fsp3) is 0.622. The van der Waals surface area contributed by atoms with Crippen molar-refractivity contribution in [3.05, 3.63) is 169 Å². The Morgan fingerprint density at radius 2 is 0.858 bits per heavy atom. The van der Waals surface area contributed by atoms with Gasteiger partial charge in [-0.15, -0.1) is 0 Å². The van der Waals surface area contributed by atoms with Crippen LogP contribution >= 0.6 is 46.6 Å². The third-order valence-corrected chi connectivity index (χ3v) is 32.1. The Morgan fingerprint density at radius 1 is 0.527 bits per heavy atom. The van der Waals surface area contributed by atoms with E-state index < -0.39 is 167 Å². The number of hydrogen-bond donors (Lipinski definition) is 6. The highest BCUT2D eigenvalue weighted by molar-refractivity contribution is 7.98. The maximum atomic E-state index is 14.1. The van der Waals surface area contributed by atoms with Gasteiger partial charge >= 0.3 is 30.1 Å². The lowest BCUT2D eigenvalue weighted by Crippen LogP contribution is -2.63. The molecule has 0 saturated carbocycles. The number of allylic oxidation sites excluding steroid dienone is 9. The van der Waals surface area contributed by atoms with Gasteiger partial charge in [0.2, 0.25) is 29.5 Å². The number of aliphatic hydroxyl groups is 3. The Bertz CT molecular complexity index is 5560. The van der Waals surface area contributed by atoms with E-state index in [0.29, 0.717) is 57.1 Å². The van der Waals surface area contributed by atoms with Crippen LogP contribution in [-0.4, -0.2) is 273 Å². The summed E-state index contributed by atoms with van der Waals surface area (Å²) >= 11 is 21.8. The van der Waals surface area contributed by atoms with Crippen LogP contribution in [-0.2, 0) is 108 Å². The minimum atomic E-state index is -1.80. The summed E-state index contributed by atoms with van der Waals surface area (Å²) in [4.78, 5) is 141. The van der Waals surface area contributed by atoms with Crippen LogP contribution in [0.1, 0.15) is 231 Å². The average Bonchev–Trinajstić information content (AvgIpc) is 1.58. The molecule has 0 aromatic heterocycles. The quantitative estimate of drug-likeness (QED) is 0.0441. The number of rotatable bonds is 16. The molecule has 148 heavy (non-hydrogen) atoms. The van der Waals surface area contributed by atoms with Gasteiger partial charge in [-0.2, -0.15) is 11.8 Å². The SMILES string of the molecule is C.C=C1N[C@]2(O)C[C@H](O1)[C@@H](C)[C@@H]1O[C@@]1(C)[C@@H](OC(=O)C(C)C)CC(=O)N(C)c1cc(cc(C)c1Cl)C(C)/C(C)=C/C=C/[C@H]2OC.CO[C@@H]1/C=C/C=C(\C)Cc2cc(C)c(Cl)c(c2)N(C)C(=O)C[C@H](OC(=O)[C@H](C)N(C)C(=O)CCC(C)(C)C)[C@]2(C)O[C@H]2[C@H](C)[C@@H]2C[C@@]1(O)NC(=O)O2.CO[C@@H]1/C=C/C=C(\C)Cc2cc(C)c(Cl)c(c2)N(C)C(=O)C[C@H](OC(=O)[C@H](C)N(C)C(=O)CCSC)[C@]2(C)O[C@H]2[C@H](C)[C@@H]2C[C@@]1(O)NC(=O)O2.[2H]C. The van der Waals surface area contributed by atoms with Crippen molar-refractivity contribution in [3.8, 4) is 0 Å². The van der Waals surface area contributed by atoms with Crippen molar-refractivity contribution in [1.82, 2.24) is 25.8 Å². The number of alkyl carbamates (subject to hydrolysis) is 2. The second-order valence-electron chi connectivity index (χ2n) is 42.8. The van der Waals surface area contributed by atoms with Crippen LogP contribution in [0.25, 0.3) is 0 Å². The number of carbonyl (C=O) groups excluding carboxylic acids is 10. The van der Waals surface area contributed by atoms with Crippen molar-refractivity contribution < 1.29 is 121 Å². The van der Waals surface area contributed by atoms with Crippen LogP contribution in [0.3, 0.4) is 0 Å². The zero-order valence-electron chi connectivity index (χ0n) is 91.9. The van der Waals surface area contributed by atoms with Gasteiger partial charge in [0.05, 0.1) is 75.6 Å². The Balaban J connectivity index is 0.000000270. The van der Waals surface area contributed by atoms with Crippen LogP contribution < -0.4 is 30.7 Å². The molecule has 9 aliphatic rings. The van der Waals surface area contributed by atoms with Gasteiger partial charge < -0.3 is 102 Å². The van der Waals surface area contributed by atoms with E-state index in [1.807, 2.05) is 163 Å². The molecule has 1 unspecified atom stereocenters. The lowest BCUT2D eigenvalue weighted by atomic mass is 9.83. The number of thioether (sulfide) groups is 1. The largest absolute Gasteiger partial charge is 0.476 e. The molecular formula is C111H161Cl3N8O25S. The summed E-state index contributed by atoms with van der Waals surface area (Å²) in [5, 5.41) is 44.5. The van der Waals surface area contributed by atoms with Crippen LogP contribution in [0.15, 0.2) is 120 Å². The third-order valence-electron chi connectivity index (χ3n) is 30.0. The molecule has 12 rings (SSSR count). The van der Waals surface area contributed by atoms with Crippen LogP contribution in [0.2, 0.25) is 15.1 Å². The van der Waals surface area contributed by atoms with E-state index in [4.69, 9.17) is 93.0 Å². The first-order valence-corrected chi connectivity index (χ1v) is 52.3. The second kappa shape index (κ2) is 50.4. The van der Waals surface area contributed by atoms with Gasteiger partial charge in [-0.25, -0.2) is 19.2 Å². The lowest BCUT2D eigenvalue weighted by Gasteiger charge is -2.44. The molecule has 9 aliphatic heterocycles. The van der Waals surface area contributed by atoms with Gasteiger partial charge in [0, 0.05) is 119 Å². The number of epoxide rings is 3. The van der Waals surface area contributed by atoms with Crippen molar-refractivity contribution in [2.75, 3.05) is 83.3 Å². The molecule has 6 saturated heterocycles. The number of ether oxygens (including phenoxy) is 12. The van der Waals surface area contributed by atoms with Gasteiger partial charge in [-0.05, 0) is 165 Å². The van der Waals surface area contributed by atoms with Gasteiger partial charge in [-0.1, -0.05) is 202 Å². The summed E-state index contributed by atoms with van der Waals surface area (Å²) in [6, 6.07) is 9.71. The number of fused-ring (bicyclic) bond motifs is 15. The van der Waals surface area contributed by atoms with Gasteiger partial charge in [0.25, 0.3) is 0 Å². The van der Waals surface area contributed by atoms with Crippen LogP contribution in [0.5, 0.6) is 0 Å². The molecule has 822 valence electrons. The van der Waals surface area contributed by atoms with Gasteiger partial charge in [0.15, 0.2) is 23.1 Å². The summed E-state index contributed by atoms with van der Waals surface area (Å²) in [6.07, 6.45) is 8.88. The zero-order chi connectivity index (χ0) is 111. The first-order valence-electron chi connectivity index (χ1n) is 50.8. The molecule has 3 aromatic rings. The number of aryl methyl sites for hydroxylation is 3. The first kappa shape index (κ1) is 122. The van der Waals surface area contributed by atoms with Crippen molar-refractivity contribution >= 4 is 123 Å². The number of methoxy groups -OCH3 is 3. The van der Waals surface area contributed by atoms with Crippen molar-refractivity contribution in [1.29, 1.82) is 0 Å². The summed E-state index contributed by atoms with van der Waals surface area (Å²) < 4.78 is 77.1. The van der Waals surface area contributed by atoms with E-state index in [-0.39, 0.29) is 111 Å². The van der Waals surface area contributed by atoms with E-state index in [0.717, 1.165) is 50.1 Å². The van der Waals surface area contributed by atoms with Crippen molar-refractivity contribution in [3.63, 3.8) is 0 Å². The highest BCUT2D eigenvalue weighted by Crippen LogP contribution is 2.54. The molecular weight excluding hydrogens is 1980 g/mol. The normalized spacial score (nSPS) is 33.1. The van der Waals surface area contributed by atoms with E-state index in [1.54, 1.807) is 108 Å². The number of halogens is 3. The fourth-order valence-corrected chi connectivity index (χ4v) is 20.8. The Labute approximate surface area is 895 Å². The summed E-state index contributed by atoms with van der Waals surface area (Å²) in [7, 11) is 13.7. The van der Waals surface area contributed by atoms with Crippen molar-refractivity contribution in [2.24, 2.45) is 29.1 Å². The molecule has 33 nitrogen and oxygen atoms in total. The summed E-state index contributed by atoms with van der Waals surface area (Å²) in [6.45, 7) is 41.3. The number of hydrogen-bond acceptors (Lipinski definition) is 27. The first-order chi connectivity index (χ1) is 69.1. The predicted octanol–water partition coefficient (Wildman–Crippen LogP) is 17.0. The molecule has 0 radical (unpaired) electrons. The molecule has 6 N–H and O–H groups in total. The number of benzene rings is 3. The Kier molecular flexibility index (Phi) is 41.6. The fourth-order valence-electron chi connectivity index (χ4n) is 19.7. The van der Waals surface area contributed by atoms with E-state index >= 15 is 0 Å². The highest BCUT2D eigenvalue weighted by atomic mass is 35.5. The van der Waals surface area contributed by atoms with E-state index in [1.165, 1.54) is 57.9 Å². The summed E-state index contributed by atoms with van der Waals surface area (Å²) in [5.41, 5.74) is 1.36. The molecule has 9 heterocycles. The topological polar surface area (TPSA) is 404 Å². The number of esters is 3. The van der Waals surface area contributed by atoms with E-state index in [2.05, 4.69) is 29.5 Å². The number of nitrogens with zero attached hydrogens (tertiary/aromatic N) is 5. The minimum Gasteiger partial charge on any atom is -0.476 e. The molecule has 6 fully saturated rings. The van der Waals surface area contributed by atoms with Crippen molar-refractivity contribution in [2.45, 2.75) is 349 Å². The number of carbonyl (C=O) groups is 10. The molecule has 0 spiro atoms. The molecule has 7 amide bonds. The highest BCUT2D eigenvalue weighted by Gasteiger charge is 2.68. The molecule has 24 atom stereocenters. The van der Waals surface area contributed by atoms with E-state index in [9.17, 15) is 63.3 Å². The lowest BCUT2D eigenvalue weighted by molar-refractivity contribution is -0.162. The molecule has 0 aliphatic carbocycles. The number of likely N-dealkylation sites (N-methyl/N-ethyl adjacent to an activating group) is 2. The maximum absolute atomic E-state index is 14.1. The molecule has 37 heteroatoms. The zero-order valence-corrected chi connectivity index (χ0v) is 94.0. The number of nitrogens with one attached hydrogen (secondary N) is 3. The minimum absolute atomic E-state index is 0. The number of anilines is 3. The monoisotopic (exact) mass is 2140 g/mol. The van der Waals surface area contributed by atoms with Gasteiger partial charge in [-0.3, -0.25) is 39.4 Å². The smallest absolute Gasteiger partial charge is 0.409 e. The standard InChI is InChI=1S/C39H56ClN3O9.C36H50ClN3O9S.C34H47ClN2O7.2CH4/c1-22-13-12-14-29(49-11)39(48)21-28(50-36(47)41-39)24(3)34-38(8,52-34)30(51-35(46)25(4)42(9)31(44)15-16-37(5,6)7)20-32(45)43(10)27-19-26(17-22)18-23(2)33(27)40;1-20-11-10-12-27(46-8)36(45)19-26(47-34(44)38-36)22(3)32-35(5,49-32)28(48-33(43)23(4)39(6)29(41)13-14-50-9)18-30(42)40(7)25-17-24(15-20)16-21(2)31(25)37;1-18(2)32(39)43-28-16-29(38)37(9)25-15-24(14-20(4)30(25)35)21(5)19(3)12-11-13-27(41-10)34(40)17-26(42-23(7)36-34)22(6)31-33(28,8)44-31;;/h12-14,18-19,24-25,28-30,34,48H,15-17,20-21H2,1-11H3,(H,41,47);10-12,16-17,22-23,26-28,32,45H,13-15,18-19H2,1-9H3,(H,38,44);11-15,18,21-22,26-28,31,36,40H,7,16-17H2,1-6,8-10H3;2*1H4/b14-12+,22-13+;12-10+,20-11+;13-11+,19-12+;;/t24-,25+,28+,29-,30+,34+,38+,39+;22-,23+,26+,27-,28+,32+,35+,36+;21?,22-,26+,27-,28+,31+,33+,34+;;/m111../s1/i;;;1D;. The van der Waals surface area contributed by atoms with Crippen LogP contribution in [0.4, 0.5) is 26.7 Å². The predicted molar refractivity (Wildman–Crippen MR) is 574 cm³/mol. The number of amides is 7. The molecule has 3 aromatic carbocycles.